The summed E-state index contributed by atoms with van der Waals surface area (Å²) in [6, 6.07) is 0. The Kier molecular flexibility index (Phi) is 3.10. The Morgan fingerprint density at radius 2 is 1.92 bits per heavy atom. The molecular weight excluding hydrogens is 226 g/mol. The maximum Gasteiger partial charge on any atom is 0.0251 e. The number of rotatable bonds is 3. The first-order valence-corrected chi connectivity index (χ1v) is 6.36. The number of likely N-dealkylation sites (tertiary alicyclic amines) is 1. The van der Waals surface area contributed by atoms with Gasteiger partial charge in [-0.1, -0.05) is 34.5 Å². The SMILES string of the molecule is C=C(CBr)CN1CC2CCCC2C1. The zero-order valence-corrected chi connectivity index (χ0v) is 9.72. The van der Waals surface area contributed by atoms with Crippen molar-refractivity contribution in [3.8, 4) is 0 Å². The maximum atomic E-state index is 4.04. The van der Waals surface area contributed by atoms with Crippen molar-refractivity contribution in [1.29, 1.82) is 0 Å². The van der Waals surface area contributed by atoms with Gasteiger partial charge in [0.1, 0.15) is 0 Å². The van der Waals surface area contributed by atoms with E-state index in [0.717, 1.165) is 23.7 Å². The van der Waals surface area contributed by atoms with Crippen molar-refractivity contribution in [2.75, 3.05) is 25.0 Å². The van der Waals surface area contributed by atoms with Crippen LogP contribution in [0.4, 0.5) is 0 Å². The molecule has 1 aliphatic heterocycles. The second kappa shape index (κ2) is 4.14. The number of nitrogens with zero attached hydrogens (tertiary/aromatic N) is 1. The Hall–Kier alpha value is 0.180. The van der Waals surface area contributed by atoms with Crippen LogP contribution < -0.4 is 0 Å². The Morgan fingerprint density at radius 3 is 2.46 bits per heavy atom. The molecule has 1 aliphatic carbocycles. The van der Waals surface area contributed by atoms with Gasteiger partial charge in [-0.25, -0.2) is 0 Å². The van der Waals surface area contributed by atoms with Crippen LogP contribution in [0.5, 0.6) is 0 Å². The summed E-state index contributed by atoms with van der Waals surface area (Å²) in [6.07, 6.45) is 4.42. The van der Waals surface area contributed by atoms with Crippen LogP contribution in [-0.2, 0) is 0 Å². The molecule has 13 heavy (non-hydrogen) atoms. The van der Waals surface area contributed by atoms with Crippen molar-refractivity contribution in [2.45, 2.75) is 19.3 Å². The first-order chi connectivity index (χ1) is 6.29. The molecule has 0 N–H and O–H groups in total. The summed E-state index contributed by atoms with van der Waals surface area (Å²) in [4.78, 5) is 2.58. The lowest BCUT2D eigenvalue weighted by atomic mass is 10.0. The van der Waals surface area contributed by atoms with Crippen LogP contribution in [0.1, 0.15) is 19.3 Å². The minimum Gasteiger partial charge on any atom is -0.299 e. The highest BCUT2D eigenvalue weighted by Gasteiger charge is 2.35. The fraction of sp³-hybridized carbons (Fsp3) is 0.818. The van der Waals surface area contributed by atoms with Crippen LogP contribution in [0.15, 0.2) is 12.2 Å². The molecule has 2 heteroatoms. The zero-order valence-electron chi connectivity index (χ0n) is 8.14. The van der Waals surface area contributed by atoms with E-state index in [9.17, 15) is 0 Å². The summed E-state index contributed by atoms with van der Waals surface area (Å²) in [5.41, 5.74) is 1.32. The summed E-state index contributed by atoms with van der Waals surface area (Å²) >= 11 is 3.46. The molecule has 1 saturated heterocycles. The van der Waals surface area contributed by atoms with E-state index in [2.05, 4.69) is 27.4 Å². The normalized spacial score (nSPS) is 33.6. The van der Waals surface area contributed by atoms with Crippen molar-refractivity contribution in [1.82, 2.24) is 4.90 Å². The lowest BCUT2D eigenvalue weighted by molar-refractivity contribution is 0.337. The molecule has 0 aromatic heterocycles. The lowest BCUT2D eigenvalue weighted by Crippen LogP contribution is -2.24. The average Bonchev–Trinajstić information content (AvgIpc) is 2.63. The summed E-state index contributed by atoms with van der Waals surface area (Å²) in [5.74, 6) is 2.03. The molecular formula is C11H18BrN. The van der Waals surface area contributed by atoms with Crippen molar-refractivity contribution in [3.05, 3.63) is 12.2 Å². The van der Waals surface area contributed by atoms with Crippen molar-refractivity contribution in [3.63, 3.8) is 0 Å². The van der Waals surface area contributed by atoms with Gasteiger partial charge < -0.3 is 0 Å². The molecule has 1 heterocycles. The average molecular weight is 244 g/mol. The summed E-state index contributed by atoms with van der Waals surface area (Å²) in [5, 5.41) is 0.957. The molecule has 1 nitrogen and oxygen atoms in total. The van der Waals surface area contributed by atoms with Crippen LogP contribution in [0.2, 0.25) is 0 Å². The van der Waals surface area contributed by atoms with Crippen LogP contribution in [0.3, 0.4) is 0 Å². The number of hydrogen-bond donors (Lipinski definition) is 0. The first kappa shape index (κ1) is 9.72. The predicted molar refractivity (Wildman–Crippen MR) is 60.2 cm³/mol. The molecule has 0 bridgehead atoms. The number of hydrogen-bond acceptors (Lipinski definition) is 1. The van der Waals surface area contributed by atoms with Crippen LogP contribution in [0, 0.1) is 11.8 Å². The second-order valence-corrected chi connectivity index (χ2v) is 5.09. The van der Waals surface area contributed by atoms with E-state index >= 15 is 0 Å². The topological polar surface area (TPSA) is 3.24 Å². The standard InChI is InChI=1S/C11H18BrN/c1-9(5-12)6-13-7-10-3-2-4-11(10)8-13/h10-11H,1-8H2. The van der Waals surface area contributed by atoms with E-state index < -0.39 is 0 Å². The molecule has 2 atom stereocenters. The predicted octanol–water partition coefficient (Wildman–Crippen LogP) is 2.67. The summed E-state index contributed by atoms with van der Waals surface area (Å²) in [6.45, 7) is 7.81. The fourth-order valence-corrected chi connectivity index (χ4v) is 3.00. The van der Waals surface area contributed by atoms with Gasteiger partial charge in [0.05, 0.1) is 0 Å². The third kappa shape index (κ3) is 2.16. The molecule has 0 amide bonds. The van der Waals surface area contributed by atoms with E-state index in [4.69, 9.17) is 0 Å². The molecule has 0 aromatic rings. The third-order valence-corrected chi connectivity index (χ3v) is 4.23. The molecule has 2 fully saturated rings. The van der Waals surface area contributed by atoms with E-state index in [1.807, 2.05) is 0 Å². The van der Waals surface area contributed by atoms with Gasteiger partial charge in [-0.2, -0.15) is 0 Å². The largest absolute Gasteiger partial charge is 0.299 e. The molecule has 0 radical (unpaired) electrons. The fourth-order valence-electron chi connectivity index (χ4n) is 2.82. The minimum atomic E-state index is 0.957. The molecule has 1 saturated carbocycles. The smallest absolute Gasteiger partial charge is 0.0251 e. The Morgan fingerprint density at radius 1 is 1.31 bits per heavy atom. The molecule has 0 aromatic carbocycles. The van der Waals surface area contributed by atoms with Gasteiger partial charge in [0, 0.05) is 25.0 Å². The second-order valence-electron chi connectivity index (χ2n) is 4.53. The van der Waals surface area contributed by atoms with Gasteiger partial charge in [0.2, 0.25) is 0 Å². The minimum absolute atomic E-state index is 0.957. The molecule has 2 unspecified atom stereocenters. The van der Waals surface area contributed by atoms with E-state index in [1.165, 1.54) is 37.9 Å². The van der Waals surface area contributed by atoms with Crippen molar-refractivity contribution < 1.29 is 0 Å². The maximum absolute atomic E-state index is 4.04. The van der Waals surface area contributed by atoms with Gasteiger partial charge in [-0.3, -0.25) is 4.90 Å². The van der Waals surface area contributed by atoms with E-state index in [1.54, 1.807) is 0 Å². The van der Waals surface area contributed by atoms with Gasteiger partial charge in [-0.15, -0.1) is 0 Å². The quantitative estimate of drug-likeness (QED) is 0.545. The van der Waals surface area contributed by atoms with Crippen LogP contribution in [0.25, 0.3) is 0 Å². The van der Waals surface area contributed by atoms with Crippen LogP contribution >= 0.6 is 15.9 Å². The van der Waals surface area contributed by atoms with Crippen molar-refractivity contribution >= 4 is 15.9 Å². The Balaban J connectivity index is 1.82. The number of halogens is 1. The monoisotopic (exact) mass is 243 g/mol. The molecule has 0 spiro atoms. The van der Waals surface area contributed by atoms with Gasteiger partial charge in [0.15, 0.2) is 0 Å². The molecule has 2 aliphatic rings. The number of fused-ring (bicyclic) bond motifs is 1. The molecule has 2 rings (SSSR count). The summed E-state index contributed by atoms with van der Waals surface area (Å²) in [7, 11) is 0. The highest BCUT2D eigenvalue weighted by molar-refractivity contribution is 9.09. The highest BCUT2D eigenvalue weighted by Crippen LogP contribution is 2.37. The Labute approximate surface area is 89.3 Å². The third-order valence-electron chi connectivity index (χ3n) is 3.44. The van der Waals surface area contributed by atoms with E-state index in [0.29, 0.717) is 0 Å². The Bertz CT molecular complexity index is 190. The zero-order chi connectivity index (χ0) is 9.26. The van der Waals surface area contributed by atoms with E-state index in [-0.39, 0.29) is 0 Å². The van der Waals surface area contributed by atoms with Gasteiger partial charge >= 0.3 is 0 Å². The number of alkyl halides is 1. The molecule has 74 valence electrons. The first-order valence-electron chi connectivity index (χ1n) is 5.24. The highest BCUT2D eigenvalue weighted by atomic mass is 79.9. The van der Waals surface area contributed by atoms with Gasteiger partial charge in [0.25, 0.3) is 0 Å². The van der Waals surface area contributed by atoms with Crippen molar-refractivity contribution in [2.24, 2.45) is 11.8 Å². The lowest BCUT2D eigenvalue weighted by Gasteiger charge is -2.16. The van der Waals surface area contributed by atoms with Gasteiger partial charge in [-0.05, 0) is 24.7 Å². The van der Waals surface area contributed by atoms with Crippen LogP contribution in [-0.4, -0.2) is 29.9 Å². The summed E-state index contributed by atoms with van der Waals surface area (Å²) < 4.78 is 0.